The lowest BCUT2D eigenvalue weighted by atomic mass is 9.46. The highest BCUT2D eigenvalue weighted by Crippen LogP contribution is 2.69. The van der Waals surface area contributed by atoms with Gasteiger partial charge in [0.1, 0.15) is 103 Å². The molecule has 0 amide bonds. The van der Waals surface area contributed by atoms with Gasteiger partial charge in [0.05, 0.1) is 45.2 Å². The highest BCUT2D eigenvalue weighted by Gasteiger charge is 2.71. The van der Waals surface area contributed by atoms with Gasteiger partial charge in [0.15, 0.2) is 30.9 Å². The first-order valence-electron chi connectivity index (χ1n) is 27.0. The van der Waals surface area contributed by atoms with Crippen molar-refractivity contribution in [2.45, 2.75) is 220 Å². The number of hydrogen-bond donors (Lipinski definition) is 15. The van der Waals surface area contributed by atoms with Gasteiger partial charge in [-0.1, -0.05) is 39.3 Å². The number of rotatable bonds is 16. The zero-order chi connectivity index (χ0) is 55.1. The molecule has 0 radical (unpaired) electrons. The minimum atomic E-state index is -1.94. The lowest BCUT2D eigenvalue weighted by Gasteiger charge is -2.57. The lowest BCUT2D eigenvalue weighted by molar-refractivity contribution is -0.390. The molecule has 4 aliphatic carbocycles. The van der Waals surface area contributed by atoms with Crippen LogP contribution >= 0.6 is 0 Å². The summed E-state index contributed by atoms with van der Waals surface area (Å²) in [6.07, 6.45) is -27.3. The molecule has 5 heterocycles. The van der Waals surface area contributed by atoms with Crippen LogP contribution in [0.4, 0.5) is 0 Å². The van der Waals surface area contributed by atoms with Gasteiger partial charge in [0.25, 0.3) is 0 Å². The maximum absolute atomic E-state index is 14.7. The largest absolute Gasteiger partial charge is 0.394 e. The number of carbonyl (C=O) groups is 1. The summed E-state index contributed by atoms with van der Waals surface area (Å²) in [6, 6.07) is 0. The Kier molecular flexibility index (Phi) is 17.9. The van der Waals surface area contributed by atoms with Gasteiger partial charge in [0.2, 0.25) is 0 Å². The quantitative estimate of drug-likeness (QED) is 0.0645. The third kappa shape index (κ3) is 10.3. The highest BCUT2D eigenvalue weighted by molar-refractivity contribution is 5.87. The van der Waals surface area contributed by atoms with Crippen molar-refractivity contribution in [3.8, 4) is 0 Å². The van der Waals surface area contributed by atoms with Gasteiger partial charge in [-0.3, -0.25) is 4.79 Å². The molecule has 0 aromatic carbocycles. The van der Waals surface area contributed by atoms with E-state index in [0.717, 1.165) is 5.57 Å². The van der Waals surface area contributed by atoms with Gasteiger partial charge in [-0.25, -0.2) is 0 Å². The van der Waals surface area contributed by atoms with Gasteiger partial charge in [-0.15, -0.1) is 0 Å². The summed E-state index contributed by atoms with van der Waals surface area (Å²) in [6.45, 7) is 5.20. The van der Waals surface area contributed by atoms with E-state index in [-0.39, 0.29) is 65.8 Å². The average Bonchev–Trinajstić information content (AvgIpc) is 3.85. The Hall–Kier alpha value is -1.55. The Labute approximate surface area is 439 Å². The van der Waals surface area contributed by atoms with Crippen LogP contribution in [0.3, 0.4) is 0 Å². The number of carbonyl (C=O) groups excluding carboxylic acids is 1. The predicted molar refractivity (Wildman–Crippen MR) is 252 cm³/mol. The summed E-state index contributed by atoms with van der Waals surface area (Å²) < 4.78 is 53.1. The summed E-state index contributed by atoms with van der Waals surface area (Å²) in [7, 11) is 0. The van der Waals surface area contributed by atoms with Crippen molar-refractivity contribution < 1.29 is 124 Å². The van der Waals surface area contributed by atoms with E-state index in [1.54, 1.807) is 0 Å². The van der Waals surface area contributed by atoms with Crippen LogP contribution in [0.1, 0.15) is 79.1 Å². The highest BCUT2D eigenvalue weighted by atomic mass is 16.8. The van der Waals surface area contributed by atoms with Crippen molar-refractivity contribution in [2.75, 3.05) is 33.0 Å². The molecule has 25 heteroatoms. The molecule has 9 aliphatic rings. The normalized spacial score (nSPS) is 53.8. The van der Waals surface area contributed by atoms with Crippen molar-refractivity contribution in [2.24, 2.45) is 46.3 Å². The minimum absolute atomic E-state index is 0.00416. The molecule has 5 saturated heterocycles. The molecule has 436 valence electrons. The van der Waals surface area contributed by atoms with Gasteiger partial charge < -0.3 is 119 Å². The van der Waals surface area contributed by atoms with Gasteiger partial charge in [-0.05, 0) is 67.6 Å². The van der Waals surface area contributed by atoms with E-state index in [0.29, 0.717) is 44.9 Å². The lowest BCUT2D eigenvalue weighted by Crippen LogP contribution is -2.67. The van der Waals surface area contributed by atoms with E-state index in [1.165, 1.54) is 0 Å². The van der Waals surface area contributed by atoms with Crippen LogP contribution in [0.5, 0.6) is 0 Å². The zero-order valence-electron chi connectivity index (χ0n) is 43.2. The van der Waals surface area contributed by atoms with Crippen LogP contribution in [0, 0.1) is 46.3 Å². The average molecular weight is 1100 g/mol. The Morgan fingerprint density at radius 1 is 0.645 bits per heavy atom. The first-order valence-corrected chi connectivity index (χ1v) is 27.0. The van der Waals surface area contributed by atoms with Gasteiger partial charge in [-0.2, -0.15) is 0 Å². The fourth-order valence-electron chi connectivity index (χ4n) is 14.7. The van der Waals surface area contributed by atoms with E-state index < -0.39 is 167 Å². The second-order valence-electron chi connectivity index (χ2n) is 23.7. The van der Waals surface area contributed by atoms with Crippen molar-refractivity contribution in [3.63, 3.8) is 0 Å². The molecule has 0 aromatic heterocycles. The second-order valence-corrected chi connectivity index (χ2v) is 23.7. The number of aliphatic hydroxyl groups is 15. The van der Waals surface area contributed by atoms with Crippen molar-refractivity contribution >= 4 is 5.78 Å². The van der Waals surface area contributed by atoms with Crippen LogP contribution in [-0.4, -0.2) is 256 Å². The smallest absolute Gasteiger partial charge is 0.187 e. The molecule has 0 bridgehead atoms. The SMILES string of the molecule is C[C@@H](CC[C@@]1(O)O[C@H]2C[C@H]3[C@@H]4CC=C5C[C@@H](O[C@@H]6O[C@H](CO)[C@H](O[C@@H]7O[C@H](CO)[C@@H](O)[C@H](O)[C@H]7O[C@@H]7O[C@H](CO)[C@@H](O)[C@H](O)[C@H]7O)[C@H](O)[C@H]6O)CC[C@]5(C)[C@H]4CC(=O)[C@]3(C)[C@H]2[C@@H]1C)CO[C@@H]1O[C@H](CO)[C@@H](O)[C@H](O)[C@H]1O. The van der Waals surface area contributed by atoms with Crippen LogP contribution in [0.15, 0.2) is 11.6 Å². The predicted octanol–water partition coefficient (Wildman–Crippen LogP) is -4.86. The Bertz CT molecular complexity index is 2020. The summed E-state index contributed by atoms with van der Waals surface area (Å²) in [5.74, 6) is -1.91. The van der Waals surface area contributed by atoms with Crippen LogP contribution in [-0.2, 0) is 47.4 Å². The number of aliphatic hydroxyl groups excluding tert-OH is 14. The molecule has 3 saturated carbocycles. The Morgan fingerprint density at radius 2 is 1.17 bits per heavy atom. The van der Waals surface area contributed by atoms with E-state index in [4.69, 9.17) is 42.6 Å². The molecular formula is C51H82O25. The third-order valence-electron chi connectivity index (χ3n) is 19.4. The monoisotopic (exact) mass is 1090 g/mol. The number of Topliss-reactive ketones (excluding diaryl/α,β-unsaturated/α-hetero) is 1. The number of ether oxygens (including phenoxy) is 9. The molecule has 15 N–H and O–H groups in total. The molecule has 0 unspecified atom stereocenters. The van der Waals surface area contributed by atoms with Crippen molar-refractivity contribution in [1.29, 1.82) is 0 Å². The fraction of sp³-hybridized carbons (Fsp3) is 0.941. The third-order valence-corrected chi connectivity index (χ3v) is 19.4. The molecule has 9 rings (SSSR count). The summed E-state index contributed by atoms with van der Waals surface area (Å²) in [4.78, 5) is 14.7. The maximum atomic E-state index is 14.7. The summed E-state index contributed by atoms with van der Waals surface area (Å²) >= 11 is 0. The van der Waals surface area contributed by atoms with Gasteiger partial charge in [0, 0.05) is 30.1 Å². The fourth-order valence-corrected chi connectivity index (χ4v) is 14.7. The van der Waals surface area contributed by atoms with E-state index >= 15 is 0 Å². The molecular weight excluding hydrogens is 1010 g/mol. The number of allylic oxidation sites excluding steroid dienone is 1. The maximum Gasteiger partial charge on any atom is 0.187 e. The molecule has 8 fully saturated rings. The summed E-state index contributed by atoms with van der Waals surface area (Å²) in [5, 5.41) is 159. The Balaban J connectivity index is 0.810. The van der Waals surface area contributed by atoms with Crippen molar-refractivity contribution in [1.82, 2.24) is 0 Å². The van der Waals surface area contributed by atoms with Crippen LogP contribution in [0.25, 0.3) is 0 Å². The zero-order valence-corrected chi connectivity index (χ0v) is 43.2. The molecule has 76 heavy (non-hydrogen) atoms. The topological polar surface area (TPSA) is 404 Å². The Morgan fingerprint density at radius 3 is 1.80 bits per heavy atom. The molecule has 0 aromatic rings. The molecule has 31 atom stereocenters. The summed E-state index contributed by atoms with van der Waals surface area (Å²) in [5.41, 5.74) is 0.00157. The molecule has 25 nitrogen and oxygen atoms in total. The minimum Gasteiger partial charge on any atom is -0.394 e. The second kappa shape index (κ2) is 23.0. The van der Waals surface area contributed by atoms with E-state index in [2.05, 4.69) is 13.0 Å². The van der Waals surface area contributed by atoms with Crippen molar-refractivity contribution in [3.05, 3.63) is 11.6 Å². The molecule has 0 spiro atoms. The molecule has 5 aliphatic heterocycles. The first kappa shape index (κ1) is 59.1. The van der Waals surface area contributed by atoms with E-state index in [9.17, 15) is 81.4 Å². The standard InChI is InChI=1S/C51H82O25/c1-19(18-68-45-40(64)36(60)33(57)27(14-52)70-45)7-10-51(67)20(2)32-26(76-51)12-25-23-6-5-21-11-22(8-9-49(21,3)24(23)13-31(56)50(25,32)4)69-46-42(66)39(63)43(30(17-55)73-46)74-48-44(38(62)35(59)29(16-54)72-48)75-47-41(65)37(61)34(58)28(15-53)71-47/h5,19-20,22-30,32-48,52-55,57-67H,6-18H2,1-4H3/t19-,20-,22-,23+,24-,25-,26-,27+,28+,29+,30+,32-,33+,34+,35+,36-,37-,38-,39+,40+,41+,42+,43-,44+,45+,46+,47-,48-,49-,50+,51+/m0/s1. The van der Waals surface area contributed by atoms with Gasteiger partial charge >= 0.3 is 0 Å². The number of fused-ring (bicyclic) bond motifs is 7. The van der Waals surface area contributed by atoms with Crippen LogP contribution < -0.4 is 0 Å². The first-order chi connectivity index (χ1) is 35.9. The number of ketones is 1. The van der Waals surface area contributed by atoms with Crippen LogP contribution in [0.2, 0.25) is 0 Å². The number of hydrogen-bond acceptors (Lipinski definition) is 25. The van der Waals surface area contributed by atoms with E-state index in [1.807, 2.05) is 20.8 Å².